The van der Waals surface area contributed by atoms with Gasteiger partial charge in [0.25, 0.3) is 0 Å². The minimum absolute atomic E-state index is 0.444. The van der Waals surface area contributed by atoms with Crippen LogP contribution in [0.2, 0.25) is 0 Å². The Morgan fingerprint density at radius 3 is 2.79 bits per heavy atom. The van der Waals surface area contributed by atoms with Crippen molar-refractivity contribution >= 4 is 5.97 Å². The highest BCUT2D eigenvalue weighted by molar-refractivity contribution is 5.75. The third kappa shape index (κ3) is 3.19. The molecule has 3 fully saturated rings. The molecule has 2 aromatic heterocycles. The molecular weight excluding hydrogens is 354 g/mol. The van der Waals surface area contributed by atoms with Crippen LogP contribution in [0.15, 0.2) is 30.6 Å². The lowest BCUT2D eigenvalue weighted by Crippen LogP contribution is -2.39. The molecule has 6 nitrogen and oxygen atoms in total. The van der Waals surface area contributed by atoms with Gasteiger partial charge < -0.3 is 9.84 Å². The molecule has 0 aliphatic heterocycles. The zero-order valence-electron chi connectivity index (χ0n) is 16.0. The molecule has 0 radical (unpaired) electrons. The van der Waals surface area contributed by atoms with Gasteiger partial charge in [0.2, 0.25) is 0 Å². The molecule has 0 saturated heterocycles. The van der Waals surface area contributed by atoms with Crippen LogP contribution in [0.5, 0.6) is 5.75 Å². The van der Waals surface area contributed by atoms with Crippen molar-refractivity contribution in [3.05, 3.63) is 30.6 Å². The van der Waals surface area contributed by atoms with Crippen molar-refractivity contribution in [2.24, 2.45) is 29.1 Å². The Hall–Kier alpha value is -2.37. The fourth-order valence-electron chi connectivity index (χ4n) is 6.16. The monoisotopic (exact) mass is 381 g/mol. The Balaban J connectivity index is 1.26. The number of pyridine rings is 1. The van der Waals surface area contributed by atoms with Crippen molar-refractivity contribution in [2.75, 3.05) is 6.61 Å². The van der Waals surface area contributed by atoms with Crippen LogP contribution in [0.1, 0.15) is 44.9 Å². The first-order valence-corrected chi connectivity index (χ1v) is 10.4. The summed E-state index contributed by atoms with van der Waals surface area (Å²) in [7, 11) is 0. The lowest BCUT2D eigenvalue weighted by molar-refractivity contribution is -0.154. The average molecular weight is 381 g/mol. The number of H-pyrrole nitrogens is 1. The molecule has 1 unspecified atom stereocenters. The number of carbonyl (C=O) groups is 1. The van der Waals surface area contributed by atoms with Gasteiger partial charge in [-0.3, -0.25) is 14.9 Å². The maximum atomic E-state index is 12.0. The van der Waals surface area contributed by atoms with Gasteiger partial charge in [0, 0.05) is 6.20 Å². The van der Waals surface area contributed by atoms with Crippen molar-refractivity contribution in [1.82, 2.24) is 15.2 Å². The molecule has 6 heteroatoms. The van der Waals surface area contributed by atoms with Crippen LogP contribution >= 0.6 is 0 Å². The third-order valence-electron chi connectivity index (χ3n) is 7.39. The zero-order chi connectivity index (χ0) is 19.1. The van der Waals surface area contributed by atoms with E-state index in [1.165, 1.54) is 12.8 Å². The van der Waals surface area contributed by atoms with Crippen molar-refractivity contribution in [3.8, 4) is 17.1 Å². The van der Waals surface area contributed by atoms with E-state index in [0.29, 0.717) is 30.3 Å². The summed E-state index contributed by atoms with van der Waals surface area (Å²) in [6, 6.07) is 5.81. The number of aromatic nitrogens is 3. The first kappa shape index (κ1) is 17.7. The first-order valence-electron chi connectivity index (χ1n) is 10.4. The maximum Gasteiger partial charge on any atom is 0.309 e. The fourth-order valence-corrected chi connectivity index (χ4v) is 6.16. The molecule has 0 aromatic carbocycles. The lowest BCUT2D eigenvalue weighted by Gasteiger charge is -2.41. The number of carboxylic acid groups (broad SMARTS) is 1. The summed E-state index contributed by atoms with van der Waals surface area (Å²) in [5.41, 5.74) is 1.30. The molecule has 3 aliphatic rings. The Kier molecular flexibility index (Phi) is 4.37. The van der Waals surface area contributed by atoms with Crippen LogP contribution in [0.4, 0.5) is 0 Å². The summed E-state index contributed by atoms with van der Waals surface area (Å²) in [6.45, 7) is 0.707. The minimum atomic E-state index is -0.555. The summed E-state index contributed by atoms with van der Waals surface area (Å²) >= 11 is 0. The second-order valence-corrected chi connectivity index (χ2v) is 9.15. The predicted molar refractivity (Wildman–Crippen MR) is 104 cm³/mol. The zero-order valence-corrected chi connectivity index (χ0v) is 16.0. The number of carboxylic acids is 1. The molecule has 2 aromatic rings. The SMILES string of the molecule is O=C(O)[C@@]12CC[C@@H]3CC(C[C@H](C[C@H]3COc3ccc(-c4ccn[nH]4)nc3)C1)C2. The number of ether oxygens (including phenoxy) is 1. The van der Waals surface area contributed by atoms with Gasteiger partial charge in [-0.15, -0.1) is 0 Å². The fraction of sp³-hybridized carbons (Fsp3) is 0.591. The van der Waals surface area contributed by atoms with Crippen LogP contribution in [0, 0.1) is 29.1 Å². The Labute approximate surface area is 164 Å². The number of fused-ring (bicyclic) bond motifs is 3. The van der Waals surface area contributed by atoms with Crippen molar-refractivity contribution in [2.45, 2.75) is 44.9 Å². The molecule has 0 spiro atoms. The second-order valence-electron chi connectivity index (χ2n) is 9.15. The number of hydrogen-bond acceptors (Lipinski definition) is 4. The van der Waals surface area contributed by atoms with Gasteiger partial charge in [-0.25, -0.2) is 0 Å². The van der Waals surface area contributed by atoms with Gasteiger partial charge in [-0.1, -0.05) is 0 Å². The normalized spacial score (nSPS) is 34.0. The molecule has 3 aliphatic carbocycles. The molecule has 5 atom stereocenters. The number of nitrogens with zero attached hydrogens (tertiary/aromatic N) is 2. The highest BCUT2D eigenvalue weighted by Gasteiger charge is 2.51. The van der Waals surface area contributed by atoms with Crippen LogP contribution in [0.3, 0.4) is 0 Å². The standard InChI is InChI=1S/C22H27N3O3/c26-21(27)22-5-3-16-8-14(10-22)7-15(11-22)9-17(16)13-28-18-1-2-19(23-12-18)20-4-6-24-25-20/h1-2,4,6,12,14-17H,3,5,7-11,13H2,(H,24,25)(H,26,27)/t14?,15-,16-,17+,22-/m1/s1. The van der Waals surface area contributed by atoms with E-state index in [1.54, 1.807) is 12.4 Å². The van der Waals surface area contributed by atoms with Gasteiger partial charge in [-0.05, 0) is 86.8 Å². The molecule has 28 heavy (non-hydrogen) atoms. The smallest absolute Gasteiger partial charge is 0.309 e. The van der Waals surface area contributed by atoms with E-state index in [0.717, 1.165) is 49.2 Å². The van der Waals surface area contributed by atoms with E-state index in [9.17, 15) is 9.90 Å². The van der Waals surface area contributed by atoms with Crippen molar-refractivity contribution < 1.29 is 14.6 Å². The van der Waals surface area contributed by atoms with E-state index in [4.69, 9.17) is 4.74 Å². The summed E-state index contributed by atoms with van der Waals surface area (Å²) in [6.07, 6.45) is 10.6. The van der Waals surface area contributed by atoms with E-state index in [2.05, 4.69) is 15.2 Å². The second kappa shape index (κ2) is 6.90. The molecular formula is C22H27N3O3. The van der Waals surface area contributed by atoms with Crippen molar-refractivity contribution in [3.63, 3.8) is 0 Å². The lowest BCUT2D eigenvalue weighted by atomic mass is 9.63. The van der Waals surface area contributed by atoms with Gasteiger partial charge in [0.15, 0.2) is 0 Å². The number of hydrogen-bond donors (Lipinski definition) is 2. The average Bonchev–Trinajstić information content (AvgIpc) is 3.14. The molecule has 3 saturated carbocycles. The number of nitrogens with one attached hydrogen (secondary N) is 1. The summed E-state index contributed by atoms with van der Waals surface area (Å²) in [4.78, 5) is 16.5. The number of aliphatic carboxylic acids is 1. The van der Waals surface area contributed by atoms with Crippen LogP contribution in [-0.4, -0.2) is 32.9 Å². The van der Waals surface area contributed by atoms with Gasteiger partial charge in [0.05, 0.1) is 29.6 Å². The highest BCUT2D eigenvalue weighted by Crippen LogP contribution is 2.56. The Bertz CT molecular complexity index is 835. The third-order valence-corrected chi connectivity index (χ3v) is 7.39. The van der Waals surface area contributed by atoms with E-state index < -0.39 is 11.4 Å². The highest BCUT2D eigenvalue weighted by atomic mass is 16.5. The molecule has 2 N–H and O–H groups in total. The van der Waals surface area contributed by atoms with E-state index in [1.807, 2.05) is 18.2 Å². The van der Waals surface area contributed by atoms with Gasteiger partial charge in [0.1, 0.15) is 5.75 Å². The quantitative estimate of drug-likeness (QED) is 0.812. The summed E-state index contributed by atoms with van der Waals surface area (Å²) in [5, 5.41) is 16.7. The number of rotatable bonds is 5. The molecule has 5 rings (SSSR count). The molecule has 2 heterocycles. The minimum Gasteiger partial charge on any atom is -0.492 e. The maximum absolute atomic E-state index is 12.0. The molecule has 0 amide bonds. The first-order chi connectivity index (χ1) is 13.6. The van der Waals surface area contributed by atoms with E-state index >= 15 is 0 Å². The number of aromatic amines is 1. The molecule has 4 bridgehead atoms. The topological polar surface area (TPSA) is 88.1 Å². The largest absolute Gasteiger partial charge is 0.492 e. The van der Waals surface area contributed by atoms with E-state index in [-0.39, 0.29) is 0 Å². The Morgan fingerprint density at radius 1 is 1.21 bits per heavy atom. The summed E-state index contributed by atoms with van der Waals surface area (Å²) in [5.74, 6) is 2.48. The van der Waals surface area contributed by atoms with Crippen LogP contribution in [0.25, 0.3) is 11.4 Å². The molecule has 148 valence electrons. The van der Waals surface area contributed by atoms with Crippen LogP contribution in [-0.2, 0) is 4.79 Å². The van der Waals surface area contributed by atoms with Crippen molar-refractivity contribution in [1.29, 1.82) is 0 Å². The predicted octanol–water partition coefficient (Wildman–Crippen LogP) is 4.16. The summed E-state index contributed by atoms with van der Waals surface area (Å²) < 4.78 is 6.14. The van der Waals surface area contributed by atoms with Gasteiger partial charge >= 0.3 is 5.97 Å². The van der Waals surface area contributed by atoms with Crippen LogP contribution < -0.4 is 4.74 Å². The van der Waals surface area contributed by atoms with Gasteiger partial charge in [-0.2, -0.15) is 5.10 Å². The Morgan fingerprint density at radius 2 is 2.07 bits per heavy atom.